The number of ether oxygens (including phenoxy) is 1. The molecule has 5 nitrogen and oxygen atoms in total. The molecule has 3 N–H and O–H groups in total. The molecule has 6 heteroatoms. The highest BCUT2D eigenvalue weighted by atomic mass is 32.2. The predicted octanol–water partition coefficient (Wildman–Crippen LogP) is 0.446. The molecule has 1 rings (SSSR count). The van der Waals surface area contributed by atoms with E-state index in [1.807, 2.05) is 6.92 Å². The van der Waals surface area contributed by atoms with Crippen molar-refractivity contribution in [2.45, 2.75) is 25.4 Å². The van der Waals surface area contributed by atoms with Gasteiger partial charge in [0.05, 0.1) is 12.1 Å². The fourth-order valence-electron chi connectivity index (χ4n) is 1.71. The Hall–Kier alpha value is -0.460. The molecule has 0 amide bonds. The smallest absolute Gasteiger partial charge is 0.191 e. The van der Waals surface area contributed by atoms with Crippen molar-refractivity contribution in [1.29, 1.82) is 0 Å². The number of thioether (sulfide) groups is 1. The first-order chi connectivity index (χ1) is 8.70. The molecule has 0 spiro atoms. The zero-order chi connectivity index (χ0) is 13.3. The van der Waals surface area contributed by atoms with E-state index >= 15 is 0 Å². The second kappa shape index (κ2) is 8.61. The van der Waals surface area contributed by atoms with E-state index in [1.54, 1.807) is 18.9 Å². The minimum Gasteiger partial charge on any atom is -0.387 e. The van der Waals surface area contributed by atoms with Crippen LogP contribution in [0.2, 0.25) is 0 Å². The number of rotatable bonds is 7. The third kappa shape index (κ3) is 5.93. The Morgan fingerprint density at radius 1 is 1.50 bits per heavy atom. The normalized spacial score (nSPS) is 24.3. The highest BCUT2D eigenvalue weighted by molar-refractivity contribution is 7.99. The summed E-state index contributed by atoms with van der Waals surface area (Å²) in [6.07, 6.45) is 1.78. The Morgan fingerprint density at radius 2 is 2.33 bits per heavy atom. The van der Waals surface area contributed by atoms with E-state index in [0.29, 0.717) is 6.54 Å². The first-order valence-electron chi connectivity index (χ1n) is 6.51. The maximum Gasteiger partial charge on any atom is 0.191 e. The summed E-state index contributed by atoms with van der Waals surface area (Å²) in [5.41, 5.74) is -0.612. The van der Waals surface area contributed by atoms with E-state index in [1.165, 1.54) is 0 Å². The maximum absolute atomic E-state index is 10.2. The molecule has 0 aromatic rings. The average molecular weight is 275 g/mol. The monoisotopic (exact) mass is 275 g/mol. The SMILES string of the molecule is CCNC(=NCC1(O)CCSC1)NCCCOC. The number of hydrogen-bond acceptors (Lipinski definition) is 4. The Labute approximate surface area is 114 Å². The van der Waals surface area contributed by atoms with Gasteiger partial charge in [-0.2, -0.15) is 11.8 Å². The molecule has 0 aromatic carbocycles. The summed E-state index contributed by atoms with van der Waals surface area (Å²) in [5.74, 6) is 2.60. The second-order valence-corrected chi connectivity index (χ2v) is 5.60. The van der Waals surface area contributed by atoms with Gasteiger partial charge in [-0.25, -0.2) is 0 Å². The van der Waals surface area contributed by atoms with E-state index < -0.39 is 5.60 Å². The van der Waals surface area contributed by atoms with Gasteiger partial charge < -0.3 is 20.5 Å². The van der Waals surface area contributed by atoms with Crippen LogP contribution in [0.3, 0.4) is 0 Å². The molecule has 1 saturated heterocycles. The van der Waals surface area contributed by atoms with Gasteiger partial charge in [0.2, 0.25) is 0 Å². The van der Waals surface area contributed by atoms with Crippen LogP contribution in [-0.2, 0) is 4.74 Å². The zero-order valence-corrected chi connectivity index (χ0v) is 12.2. The van der Waals surface area contributed by atoms with Crippen molar-refractivity contribution in [1.82, 2.24) is 10.6 Å². The largest absolute Gasteiger partial charge is 0.387 e. The van der Waals surface area contributed by atoms with Crippen LogP contribution in [0, 0.1) is 0 Å². The molecule has 1 aliphatic rings. The Morgan fingerprint density at radius 3 is 2.94 bits per heavy atom. The number of guanidine groups is 1. The van der Waals surface area contributed by atoms with Crippen molar-refractivity contribution >= 4 is 17.7 Å². The van der Waals surface area contributed by atoms with Crippen LogP contribution in [0.4, 0.5) is 0 Å². The van der Waals surface area contributed by atoms with E-state index in [9.17, 15) is 5.11 Å². The van der Waals surface area contributed by atoms with Crippen LogP contribution in [0.1, 0.15) is 19.8 Å². The molecule has 0 saturated carbocycles. The Bertz CT molecular complexity index is 256. The molecule has 0 aliphatic carbocycles. The van der Waals surface area contributed by atoms with Gasteiger partial charge in [-0.1, -0.05) is 0 Å². The van der Waals surface area contributed by atoms with Crippen molar-refractivity contribution in [3.05, 3.63) is 0 Å². The summed E-state index contributed by atoms with van der Waals surface area (Å²) in [5, 5.41) is 16.6. The third-order valence-corrected chi connectivity index (χ3v) is 4.01. The number of nitrogens with one attached hydrogen (secondary N) is 2. The molecule has 0 bridgehead atoms. The summed E-state index contributed by atoms with van der Waals surface area (Å²) >= 11 is 1.79. The third-order valence-electron chi connectivity index (χ3n) is 2.78. The van der Waals surface area contributed by atoms with Crippen molar-refractivity contribution < 1.29 is 9.84 Å². The van der Waals surface area contributed by atoms with Gasteiger partial charge in [0.1, 0.15) is 0 Å². The molecule has 1 heterocycles. The van der Waals surface area contributed by atoms with Gasteiger partial charge in [0.15, 0.2) is 5.96 Å². The molecule has 1 unspecified atom stereocenters. The number of aliphatic hydroxyl groups is 1. The quantitative estimate of drug-likeness (QED) is 0.357. The first-order valence-corrected chi connectivity index (χ1v) is 7.67. The van der Waals surface area contributed by atoms with Crippen LogP contribution in [0.15, 0.2) is 4.99 Å². The van der Waals surface area contributed by atoms with E-state index in [-0.39, 0.29) is 0 Å². The molecule has 1 atom stereocenters. The highest BCUT2D eigenvalue weighted by Crippen LogP contribution is 2.27. The lowest BCUT2D eigenvalue weighted by Gasteiger charge is -2.19. The van der Waals surface area contributed by atoms with E-state index in [2.05, 4.69) is 15.6 Å². The summed E-state index contributed by atoms with van der Waals surface area (Å²) in [7, 11) is 1.70. The number of hydrogen-bond donors (Lipinski definition) is 3. The predicted molar refractivity (Wildman–Crippen MR) is 77.4 cm³/mol. The molecule has 106 valence electrons. The lowest BCUT2D eigenvalue weighted by molar-refractivity contribution is 0.0778. The lowest BCUT2D eigenvalue weighted by atomic mass is 10.1. The van der Waals surface area contributed by atoms with Crippen molar-refractivity contribution in [2.75, 3.05) is 44.9 Å². The number of methoxy groups -OCH3 is 1. The molecule has 18 heavy (non-hydrogen) atoms. The minimum atomic E-state index is -0.612. The second-order valence-electron chi connectivity index (χ2n) is 4.50. The zero-order valence-electron chi connectivity index (χ0n) is 11.4. The molecular formula is C12H25N3O2S. The van der Waals surface area contributed by atoms with Crippen molar-refractivity contribution in [3.63, 3.8) is 0 Å². The van der Waals surface area contributed by atoms with Gasteiger partial charge in [0, 0.05) is 32.6 Å². The molecule has 1 fully saturated rings. The van der Waals surface area contributed by atoms with Gasteiger partial charge >= 0.3 is 0 Å². The van der Waals surface area contributed by atoms with Crippen LogP contribution in [-0.4, -0.2) is 61.5 Å². The van der Waals surface area contributed by atoms with Crippen molar-refractivity contribution in [3.8, 4) is 0 Å². The van der Waals surface area contributed by atoms with Gasteiger partial charge in [-0.3, -0.25) is 4.99 Å². The van der Waals surface area contributed by atoms with Gasteiger partial charge in [0.25, 0.3) is 0 Å². The van der Waals surface area contributed by atoms with E-state index in [0.717, 1.165) is 50.0 Å². The Balaban J connectivity index is 2.34. The van der Waals surface area contributed by atoms with Crippen LogP contribution in [0.25, 0.3) is 0 Å². The standard InChI is InChI=1S/C12H25N3O2S/c1-3-13-11(14-6-4-7-17-2)15-9-12(16)5-8-18-10-12/h16H,3-10H2,1-2H3,(H2,13,14,15). The average Bonchev–Trinajstić information content (AvgIpc) is 2.79. The van der Waals surface area contributed by atoms with Gasteiger partial charge in [-0.05, 0) is 25.5 Å². The first kappa shape index (κ1) is 15.6. The molecular weight excluding hydrogens is 250 g/mol. The molecule has 1 aliphatic heterocycles. The maximum atomic E-state index is 10.2. The van der Waals surface area contributed by atoms with Crippen LogP contribution < -0.4 is 10.6 Å². The van der Waals surface area contributed by atoms with Crippen molar-refractivity contribution in [2.24, 2.45) is 4.99 Å². The fraction of sp³-hybridized carbons (Fsp3) is 0.917. The summed E-state index contributed by atoms with van der Waals surface area (Å²) in [6, 6.07) is 0. The minimum absolute atomic E-state index is 0.472. The molecule has 0 aromatic heterocycles. The van der Waals surface area contributed by atoms with Crippen LogP contribution in [0.5, 0.6) is 0 Å². The summed E-state index contributed by atoms with van der Waals surface area (Å²) < 4.78 is 5.00. The van der Waals surface area contributed by atoms with Crippen LogP contribution >= 0.6 is 11.8 Å². The Kier molecular flexibility index (Phi) is 7.46. The number of nitrogens with zero attached hydrogens (tertiary/aromatic N) is 1. The number of aliphatic imine (C=N–C) groups is 1. The summed E-state index contributed by atoms with van der Waals surface area (Å²) in [6.45, 7) is 4.90. The topological polar surface area (TPSA) is 65.9 Å². The lowest BCUT2D eigenvalue weighted by Crippen LogP contribution is -2.40. The fourth-order valence-corrected chi connectivity index (χ4v) is 3.00. The van der Waals surface area contributed by atoms with Gasteiger partial charge in [-0.15, -0.1) is 0 Å². The highest BCUT2D eigenvalue weighted by Gasteiger charge is 2.31. The summed E-state index contributed by atoms with van der Waals surface area (Å²) in [4.78, 5) is 4.46. The molecule has 0 radical (unpaired) electrons. The van der Waals surface area contributed by atoms with E-state index in [4.69, 9.17) is 4.74 Å².